The van der Waals surface area contributed by atoms with E-state index >= 15 is 0 Å². The second kappa shape index (κ2) is 48.1. The Kier molecular flexibility index (Phi) is 42.5. The van der Waals surface area contributed by atoms with Crippen LogP contribution in [0.15, 0.2) is 85.7 Å². The van der Waals surface area contributed by atoms with E-state index < -0.39 is 23.8 Å². The summed E-state index contributed by atoms with van der Waals surface area (Å²) in [5.74, 6) is 21.2. The zero-order valence-corrected chi connectivity index (χ0v) is 63.9. The van der Waals surface area contributed by atoms with Crippen LogP contribution in [0.5, 0.6) is 0 Å². The van der Waals surface area contributed by atoms with E-state index in [2.05, 4.69) is 134 Å². The molecule has 0 bridgehead atoms. The third kappa shape index (κ3) is 34.0. The zero-order valence-electron chi connectivity index (χ0n) is 61.1. The van der Waals surface area contributed by atoms with Gasteiger partial charge in [-0.25, -0.2) is 19.7 Å². The minimum atomic E-state index is -0.644. The van der Waals surface area contributed by atoms with E-state index in [0.29, 0.717) is 105 Å². The van der Waals surface area contributed by atoms with Crippen LogP contribution in [-0.4, -0.2) is 196 Å². The number of nitrogens with one attached hydrogen (secondary N) is 10. The predicted octanol–water partition coefficient (Wildman–Crippen LogP) is 8.10. The summed E-state index contributed by atoms with van der Waals surface area (Å²) in [5, 5.41) is 30.1. The summed E-state index contributed by atoms with van der Waals surface area (Å²) in [6.45, 7) is 18.5. The van der Waals surface area contributed by atoms with Gasteiger partial charge in [0.2, 0.25) is 41.5 Å². The van der Waals surface area contributed by atoms with Crippen molar-refractivity contribution in [1.29, 1.82) is 0 Å². The summed E-state index contributed by atoms with van der Waals surface area (Å²) in [6, 6.07) is 9.90. The molecule has 0 saturated carbocycles. The molecule has 0 aliphatic carbocycles. The zero-order chi connectivity index (χ0) is 72.9. The largest absolute Gasteiger partial charge is 0.444 e. The van der Waals surface area contributed by atoms with Crippen LogP contribution < -0.4 is 53.2 Å². The number of nitrogens with zero attached hydrogens (tertiary/aromatic N) is 12. The van der Waals surface area contributed by atoms with Crippen molar-refractivity contribution in [3.8, 4) is 35.5 Å². The molecule has 6 aromatic heterocycles. The fourth-order valence-electron chi connectivity index (χ4n) is 8.16. The molecule has 10 N–H and O–H groups in total. The van der Waals surface area contributed by atoms with Crippen molar-refractivity contribution in [3.05, 3.63) is 120 Å². The van der Waals surface area contributed by atoms with Crippen molar-refractivity contribution >= 4 is 82.1 Å². The maximum atomic E-state index is 12.4. The van der Waals surface area contributed by atoms with E-state index in [9.17, 15) is 24.0 Å². The molecule has 3 atom stereocenters. The molecule has 5 amide bonds. The minimum Gasteiger partial charge on any atom is -0.444 e. The first kappa shape index (κ1) is 90.2. The number of hydrogen-bond donors (Lipinski definition) is 10. The molecular weight excluding hydrogens is 1370 g/mol. The summed E-state index contributed by atoms with van der Waals surface area (Å²) < 4.78 is 5.30. The SMILES string of the molecule is C.CNc1nc(Nc2ccnc(C)c2)ncc1C#CCCCNC(=O)[C@H](C)N(C)C(=O)/C=C/CN(C)C.CNc1nc(Nc2ccnc(C)c2)ncc1C#CCCCNC(=O)[C@H](C)N(C)C(=O)OC(C)(C)C.CNc1nc(Nc2ccnc(C)c2)ncc1C#CCCCNC(=O)[C@H](C)NC.[V].[V]. The molecule has 0 unspecified atom stereocenters. The molecule has 546 valence electrons. The summed E-state index contributed by atoms with van der Waals surface area (Å²) >= 11 is 0. The number of ether oxygens (including phenoxy) is 1. The molecule has 0 saturated heterocycles. The van der Waals surface area contributed by atoms with Crippen LogP contribution in [0.2, 0.25) is 0 Å². The molecule has 0 aliphatic rings. The molecule has 28 nitrogen and oxygen atoms in total. The Hall–Kier alpha value is -9.85. The maximum absolute atomic E-state index is 12.4. The standard InChI is InChI=1S/C26H36N8O2.C25H35N7O3.C20H27N7O.CH4.2V/c1-19-17-22(13-15-28-19)31-26-30-18-21(24(27-3)32-26)11-8-7-9-14-29-25(36)20(2)34(6)23(35)12-10-16-33(4)5;1-17-15-20(12-14-27-17)30-23-29-16-19(21(26-6)31-23)11-9-8-10-13-28-22(33)18(2)32(7)24(34)35-25(3,4)5;1-14-12-17(9-11-23-14)26-20-25-13-16(18(22-4)27-20)8-6-5-7-10-24-19(28)15(2)21-3;;;/h10,12-13,15,17-18,20H,7,9,14,16H2,1-6H3,(H,29,36)(H2,27,28,30,31,32);12,14-16,18H,8,10,13H2,1-7H3,(H,28,33)(H2,26,27,29,30,31);9,11-13,15,21H,5,7,10H2,1-4H3,(H,24,28)(H2,22,23,25,26,27);1H4;;/b12-10+;;;;;/t20-;18-;15-;;;/m000.../s1. The van der Waals surface area contributed by atoms with E-state index in [1.807, 2.05) is 83.1 Å². The quantitative estimate of drug-likeness (QED) is 0.0132. The second-order valence-corrected chi connectivity index (χ2v) is 23.7. The average Bonchev–Trinajstić information content (AvgIpc) is 0.873. The first-order valence-corrected chi connectivity index (χ1v) is 32.5. The first-order chi connectivity index (χ1) is 47.2. The third-order valence-corrected chi connectivity index (χ3v) is 14.0. The summed E-state index contributed by atoms with van der Waals surface area (Å²) in [7, 11) is 14.1. The average molecular weight is 1470 g/mol. The summed E-state index contributed by atoms with van der Waals surface area (Å²) in [6.07, 6.45) is 16.9. The van der Waals surface area contributed by atoms with E-state index in [0.717, 1.165) is 46.1 Å². The fraction of sp³-hybridized carbons (Fsp3) is 0.444. The Morgan fingerprint density at radius 2 is 0.873 bits per heavy atom. The number of rotatable bonds is 27. The number of hydrogen-bond acceptors (Lipinski definition) is 23. The molecule has 102 heavy (non-hydrogen) atoms. The van der Waals surface area contributed by atoms with Gasteiger partial charge in [-0.1, -0.05) is 49.0 Å². The Labute approximate surface area is 626 Å². The van der Waals surface area contributed by atoms with Crippen LogP contribution in [0.4, 0.5) is 57.2 Å². The van der Waals surface area contributed by atoms with Gasteiger partial charge in [-0.05, 0) is 139 Å². The number of carbonyl (C=O) groups is 5. The van der Waals surface area contributed by atoms with Crippen molar-refractivity contribution < 1.29 is 65.8 Å². The smallest absolute Gasteiger partial charge is 0.410 e. The number of anilines is 9. The van der Waals surface area contributed by atoms with Gasteiger partial charge in [-0.15, -0.1) is 0 Å². The monoisotopic (exact) mass is 1470 g/mol. The van der Waals surface area contributed by atoms with Crippen molar-refractivity contribution in [2.75, 3.05) is 114 Å². The third-order valence-electron chi connectivity index (χ3n) is 14.0. The van der Waals surface area contributed by atoms with Gasteiger partial charge < -0.3 is 67.7 Å². The van der Waals surface area contributed by atoms with Gasteiger partial charge in [0.05, 0.1) is 41.3 Å². The number of pyridine rings is 3. The van der Waals surface area contributed by atoms with Gasteiger partial charge in [0, 0.05) is 177 Å². The predicted molar refractivity (Wildman–Crippen MR) is 398 cm³/mol. The number of amides is 5. The topological polar surface area (TPSA) is 341 Å². The van der Waals surface area contributed by atoms with Crippen LogP contribution in [0.25, 0.3) is 0 Å². The number of aromatic nitrogens is 9. The van der Waals surface area contributed by atoms with Gasteiger partial charge in [0.15, 0.2) is 0 Å². The number of unbranched alkanes of at least 4 members (excludes halogenated alkanes) is 3. The molecule has 0 spiro atoms. The summed E-state index contributed by atoms with van der Waals surface area (Å²) in [4.78, 5) is 104. The second-order valence-electron chi connectivity index (χ2n) is 23.7. The minimum absolute atomic E-state index is 0. The summed E-state index contributed by atoms with van der Waals surface area (Å²) in [5.41, 5.74) is 6.78. The molecule has 0 fully saturated rings. The van der Waals surface area contributed by atoms with Crippen LogP contribution in [0.3, 0.4) is 0 Å². The van der Waals surface area contributed by atoms with Crippen LogP contribution in [0, 0.1) is 56.3 Å². The molecule has 6 aromatic rings. The van der Waals surface area contributed by atoms with Gasteiger partial charge in [0.1, 0.15) is 35.1 Å². The van der Waals surface area contributed by atoms with Gasteiger partial charge >= 0.3 is 6.09 Å². The molecule has 0 aliphatic heterocycles. The molecular formula is C72H102N22O6V2. The Morgan fingerprint density at radius 1 is 0.529 bits per heavy atom. The van der Waals surface area contributed by atoms with E-state index in [4.69, 9.17) is 4.74 Å². The van der Waals surface area contributed by atoms with Crippen molar-refractivity contribution in [2.24, 2.45) is 0 Å². The number of aryl methyl sites for hydroxylation is 3. The fourth-order valence-corrected chi connectivity index (χ4v) is 8.16. The Bertz CT molecular complexity index is 3860. The van der Waals surface area contributed by atoms with Gasteiger partial charge in [-0.2, -0.15) is 15.0 Å². The van der Waals surface area contributed by atoms with Crippen LogP contribution >= 0.6 is 0 Å². The van der Waals surface area contributed by atoms with Crippen molar-refractivity contribution in [2.45, 2.75) is 132 Å². The molecule has 6 rings (SSSR count). The normalized spacial score (nSPS) is 11.1. The maximum Gasteiger partial charge on any atom is 0.410 e. The van der Waals surface area contributed by atoms with Crippen molar-refractivity contribution in [3.63, 3.8) is 0 Å². The molecule has 6 heterocycles. The molecule has 30 heteroatoms. The number of carbonyl (C=O) groups excluding carboxylic acids is 5. The Balaban J connectivity index is 0.000000760. The van der Waals surface area contributed by atoms with Crippen LogP contribution in [0.1, 0.15) is 121 Å². The van der Waals surface area contributed by atoms with Crippen LogP contribution in [-0.2, 0) is 61.0 Å². The first-order valence-electron chi connectivity index (χ1n) is 32.5. The van der Waals surface area contributed by atoms with Gasteiger partial charge in [0.25, 0.3) is 0 Å². The van der Waals surface area contributed by atoms with E-state index in [1.165, 1.54) is 15.9 Å². The van der Waals surface area contributed by atoms with E-state index in [-0.39, 0.29) is 74.2 Å². The molecule has 2 radical (unpaired) electrons. The van der Waals surface area contributed by atoms with Gasteiger partial charge in [-0.3, -0.25) is 39.0 Å². The van der Waals surface area contributed by atoms with E-state index in [1.54, 1.807) is 120 Å². The molecule has 0 aromatic carbocycles. The Morgan fingerprint density at radius 3 is 1.19 bits per heavy atom. The van der Waals surface area contributed by atoms with Crippen molar-refractivity contribution in [1.82, 2.24) is 80.8 Å². The number of likely N-dealkylation sites (N-methyl/N-ethyl adjacent to an activating group) is 4.